The largest absolute Gasteiger partial charge is 0.497 e. The highest BCUT2D eigenvalue weighted by molar-refractivity contribution is 7.93. The zero-order valence-corrected chi connectivity index (χ0v) is 16.1. The molecule has 0 bridgehead atoms. The molecule has 0 N–H and O–H groups in total. The maximum absolute atomic E-state index is 12.4. The molecule has 26 heavy (non-hydrogen) atoms. The molecule has 0 heterocycles. The van der Waals surface area contributed by atoms with Gasteiger partial charge < -0.3 is 14.2 Å². The summed E-state index contributed by atoms with van der Waals surface area (Å²) in [4.78, 5) is 0. The van der Waals surface area contributed by atoms with Crippen molar-refractivity contribution in [1.82, 2.24) is 0 Å². The molecule has 140 valence electrons. The van der Waals surface area contributed by atoms with Crippen molar-refractivity contribution in [1.29, 1.82) is 0 Å². The number of hydrogen-bond donors (Lipinski definition) is 0. The molecule has 0 aliphatic carbocycles. The van der Waals surface area contributed by atoms with Crippen LogP contribution in [0.25, 0.3) is 6.08 Å². The van der Waals surface area contributed by atoms with Crippen molar-refractivity contribution in [3.8, 4) is 17.2 Å². The van der Waals surface area contributed by atoms with Crippen LogP contribution in [0, 0.1) is 0 Å². The number of hydrogen-bond acceptors (Lipinski definition) is 5. The van der Waals surface area contributed by atoms with Crippen molar-refractivity contribution >= 4 is 15.9 Å². The monoisotopic (exact) mass is 376 g/mol. The van der Waals surface area contributed by atoms with Gasteiger partial charge in [-0.2, -0.15) is 0 Å². The summed E-state index contributed by atoms with van der Waals surface area (Å²) >= 11 is 0. The highest BCUT2D eigenvalue weighted by atomic mass is 32.2. The van der Waals surface area contributed by atoms with Crippen LogP contribution in [-0.4, -0.2) is 28.7 Å². The fraction of sp³-hybridized carbons (Fsp3) is 0.300. The molecule has 0 fully saturated rings. The lowest BCUT2D eigenvalue weighted by atomic mass is 10.2. The first-order valence-electron chi connectivity index (χ1n) is 8.40. The highest BCUT2D eigenvalue weighted by Gasteiger charge is 2.10. The van der Waals surface area contributed by atoms with Crippen molar-refractivity contribution in [2.24, 2.45) is 0 Å². The fourth-order valence-corrected chi connectivity index (χ4v) is 3.48. The lowest BCUT2D eigenvalue weighted by Crippen LogP contribution is -2.00. The van der Waals surface area contributed by atoms with E-state index in [1.165, 1.54) is 5.41 Å². The minimum Gasteiger partial charge on any atom is -0.497 e. The molecular formula is C20H24O5S. The second kappa shape index (κ2) is 9.29. The number of methoxy groups -OCH3 is 1. The Bertz CT molecular complexity index is 839. The molecule has 2 rings (SSSR count). The molecule has 2 aromatic rings. The number of rotatable bonds is 9. The molecule has 0 aromatic heterocycles. The smallest absolute Gasteiger partial charge is 0.175 e. The van der Waals surface area contributed by atoms with Crippen LogP contribution in [0.15, 0.2) is 47.9 Å². The first kappa shape index (κ1) is 19.8. The van der Waals surface area contributed by atoms with Gasteiger partial charge in [0.1, 0.15) is 17.2 Å². The van der Waals surface area contributed by atoms with Gasteiger partial charge in [0.25, 0.3) is 0 Å². The van der Waals surface area contributed by atoms with Crippen LogP contribution in [0.1, 0.15) is 25.0 Å². The Morgan fingerprint density at radius 3 is 2.19 bits per heavy atom. The van der Waals surface area contributed by atoms with E-state index in [1.807, 2.05) is 13.8 Å². The minimum atomic E-state index is -3.41. The molecular weight excluding hydrogens is 352 g/mol. The van der Waals surface area contributed by atoms with E-state index in [2.05, 4.69) is 0 Å². The Hall–Kier alpha value is -2.47. The normalized spacial score (nSPS) is 11.5. The van der Waals surface area contributed by atoms with Crippen LogP contribution >= 0.6 is 0 Å². The van der Waals surface area contributed by atoms with Gasteiger partial charge in [0.15, 0.2) is 9.84 Å². The van der Waals surface area contributed by atoms with Gasteiger partial charge in [-0.05, 0) is 49.8 Å². The maximum atomic E-state index is 12.4. The molecule has 0 spiro atoms. The van der Waals surface area contributed by atoms with Gasteiger partial charge in [-0.1, -0.05) is 12.1 Å². The lowest BCUT2D eigenvalue weighted by molar-refractivity contribution is 0.322. The summed E-state index contributed by atoms with van der Waals surface area (Å²) in [5, 5.41) is 1.22. The van der Waals surface area contributed by atoms with Crippen LogP contribution in [-0.2, 0) is 15.6 Å². The Morgan fingerprint density at radius 1 is 0.923 bits per heavy atom. The summed E-state index contributed by atoms with van der Waals surface area (Å²) in [6.45, 7) is 4.81. The van der Waals surface area contributed by atoms with Crippen LogP contribution in [0.3, 0.4) is 0 Å². The third-order valence-corrected chi connectivity index (χ3v) is 4.86. The molecule has 0 saturated carbocycles. The van der Waals surface area contributed by atoms with Crippen LogP contribution in [0.4, 0.5) is 0 Å². The third-order valence-electron chi connectivity index (χ3n) is 3.58. The molecule has 0 atom stereocenters. The molecule has 6 heteroatoms. The predicted molar refractivity (Wildman–Crippen MR) is 103 cm³/mol. The van der Waals surface area contributed by atoms with Gasteiger partial charge in [-0.15, -0.1) is 0 Å². The van der Waals surface area contributed by atoms with Crippen molar-refractivity contribution < 1.29 is 22.6 Å². The fourth-order valence-electron chi connectivity index (χ4n) is 2.37. The van der Waals surface area contributed by atoms with Gasteiger partial charge >= 0.3 is 0 Å². The van der Waals surface area contributed by atoms with Crippen LogP contribution in [0.2, 0.25) is 0 Å². The molecule has 0 amide bonds. The molecule has 5 nitrogen and oxygen atoms in total. The standard InChI is InChI=1S/C20H24O5S/c1-4-24-19-11-8-17(20(14-19)25-5-2)12-13-26(21,22)15-16-6-9-18(23-3)10-7-16/h6-14H,4-5,15H2,1-3H3/b13-12+. The van der Waals surface area contributed by atoms with E-state index >= 15 is 0 Å². The molecule has 0 aliphatic rings. The van der Waals surface area contributed by atoms with Crippen LogP contribution < -0.4 is 14.2 Å². The average molecular weight is 376 g/mol. The second-order valence-corrected chi connectivity index (χ2v) is 7.41. The SMILES string of the molecule is CCOc1ccc(/C=C/S(=O)(=O)Cc2ccc(OC)cc2)c(OCC)c1. The molecule has 0 saturated heterocycles. The van der Waals surface area contributed by atoms with Gasteiger partial charge in [0.05, 0.1) is 26.1 Å². The minimum absolute atomic E-state index is 0.0749. The number of benzene rings is 2. The number of sulfone groups is 1. The lowest BCUT2D eigenvalue weighted by Gasteiger charge is -2.10. The summed E-state index contributed by atoms with van der Waals surface area (Å²) in [6.07, 6.45) is 1.56. The topological polar surface area (TPSA) is 61.8 Å². The first-order valence-corrected chi connectivity index (χ1v) is 10.1. The van der Waals surface area contributed by atoms with E-state index in [9.17, 15) is 8.42 Å². The van der Waals surface area contributed by atoms with E-state index in [0.717, 1.165) is 0 Å². The van der Waals surface area contributed by atoms with E-state index in [0.29, 0.717) is 41.6 Å². The summed E-state index contributed by atoms with van der Waals surface area (Å²) < 4.78 is 40.9. The molecule has 0 aliphatic heterocycles. The van der Waals surface area contributed by atoms with Gasteiger partial charge in [-0.25, -0.2) is 8.42 Å². The Labute approximate surface area is 155 Å². The van der Waals surface area contributed by atoms with E-state index < -0.39 is 9.84 Å². The number of ether oxygens (including phenoxy) is 3. The highest BCUT2D eigenvalue weighted by Crippen LogP contribution is 2.27. The zero-order chi connectivity index (χ0) is 19.0. The Morgan fingerprint density at radius 2 is 1.58 bits per heavy atom. The van der Waals surface area contributed by atoms with Gasteiger partial charge in [0.2, 0.25) is 0 Å². The van der Waals surface area contributed by atoms with Gasteiger partial charge in [-0.3, -0.25) is 0 Å². The molecule has 2 aromatic carbocycles. The third kappa shape index (κ3) is 5.81. The summed E-state index contributed by atoms with van der Waals surface area (Å²) in [5.74, 6) is 1.90. The van der Waals surface area contributed by atoms with E-state index in [1.54, 1.807) is 55.7 Å². The Kier molecular flexibility index (Phi) is 7.09. The van der Waals surface area contributed by atoms with E-state index in [4.69, 9.17) is 14.2 Å². The first-order chi connectivity index (χ1) is 12.5. The van der Waals surface area contributed by atoms with Crippen molar-refractivity contribution in [2.45, 2.75) is 19.6 Å². The average Bonchev–Trinajstić information content (AvgIpc) is 2.62. The van der Waals surface area contributed by atoms with E-state index in [-0.39, 0.29) is 5.75 Å². The summed E-state index contributed by atoms with van der Waals surface area (Å²) in [5.41, 5.74) is 1.39. The summed E-state index contributed by atoms with van der Waals surface area (Å²) in [7, 11) is -1.84. The predicted octanol–water partition coefficient (Wildman–Crippen LogP) is 4.08. The second-order valence-electron chi connectivity index (χ2n) is 5.52. The van der Waals surface area contributed by atoms with Crippen LogP contribution in [0.5, 0.6) is 17.2 Å². The maximum Gasteiger partial charge on any atom is 0.175 e. The molecule has 0 radical (unpaired) electrons. The zero-order valence-electron chi connectivity index (χ0n) is 15.3. The van der Waals surface area contributed by atoms with Gasteiger partial charge in [0, 0.05) is 17.0 Å². The van der Waals surface area contributed by atoms with Crippen molar-refractivity contribution in [3.63, 3.8) is 0 Å². The quantitative estimate of drug-likeness (QED) is 0.660. The molecule has 0 unspecified atom stereocenters. The summed E-state index contributed by atoms with van der Waals surface area (Å²) in [6, 6.07) is 12.3. The van der Waals surface area contributed by atoms with Crippen molar-refractivity contribution in [2.75, 3.05) is 20.3 Å². The van der Waals surface area contributed by atoms with Crippen molar-refractivity contribution in [3.05, 3.63) is 59.0 Å². The Balaban J connectivity index is 2.17.